The molecule has 5 rings (SSSR count). The molecule has 2 aliphatic rings. The molecule has 0 aromatic heterocycles. The van der Waals surface area contributed by atoms with Gasteiger partial charge in [-0.2, -0.15) is 24.3 Å². The zero-order valence-corrected chi connectivity index (χ0v) is 28.2. The Morgan fingerprint density at radius 1 is 0.850 bits per heavy atom. The molecule has 0 amide bonds. The average molecular weight is 785 g/mol. The Labute approximate surface area is 263 Å². The summed E-state index contributed by atoms with van der Waals surface area (Å²) in [5, 5.41) is 4.93. The number of hydrogen-bond acceptors (Lipinski definition) is 4. The van der Waals surface area contributed by atoms with Crippen LogP contribution in [0.4, 0.5) is 20.9 Å². The van der Waals surface area contributed by atoms with Crippen LogP contribution in [0.2, 0.25) is 0 Å². The first-order valence-corrected chi connectivity index (χ1v) is 19.2. The van der Waals surface area contributed by atoms with Gasteiger partial charge < -0.3 is 14.4 Å². The Kier molecular flexibility index (Phi) is 15.9. The van der Waals surface area contributed by atoms with Gasteiger partial charge in [0.1, 0.15) is 11.1 Å². The Bertz CT molecular complexity index is 1070. The summed E-state index contributed by atoms with van der Waals surface area (Å²) >= 11 is 1.59. The number of hydrogen-bond donors (Lipinski definition) is 1. The summed E-state index contributed by atoms with van der Waals surface area (Å²) in [4.78, 5) is 2.35. The van der Waals surface area contributed by atoms with Gasteiger partial charge in [-0.3, -0.25) is 0 Å². The van der Waals surface area contributed by atoms with E-state index >= 15 is 0 Å². The molecule has 0 bridgehead atoms. The maximum atomic E-state index is 11.8. The Hall–Kier alpha value is -1.20. The molecule has 0 spiro atoms. The number of nitrogens with zero attached hydrogens (tertiary/aromatic N) is 1. The van der Waals surface area contributed by atoms with Crippen molar-refractivity contribution in [3.8, 4) is 5.75 Å². The van der Waals surface area contributed by atoms with Crippen molar-refractivity contribution in [2.45, 2.75) is 75.5 Å². The van der Waals surface area contributed by atoms with Crippen molar-refractivity contribution in [3.05, 3.63) is 78.9 Å². The quantitative estimate of drug-likeness (QED) is 0.106. The zero-order chi connectivity index (χ0) is 28.6. The number of para-hydroxylation sites is 1. The second-order valence-corrected chi connectivity index (χ2v) is 14.0. The molecule has 0 aliphatic heterocycles. The van der Waals surface area contributed by atoms with Crippen LogP contribution < -0.4 is 19.7 Å². The first-order chi connectivity index (χ1) is 19.7. The zero-order valence-electron chi connectivity index (χ0n) is 23.5. The average Bonchev–Trinajstić information content (AvgIpc) is 3.02. The molecule has 2 fully saturated rings. The number of nitrogens with one attached hydrogen (secondary N) is 1. The summed E-state index contributed by atoms with van der Waals surface area (Å²) in [6, 6.07) is 26.9. The molecular weight excluding hydrogens is 743 g/mol. The molecule has 40 heavy (non-hydrogen) atoms. The van der Waals surface area contributed by atoms with E-state index in [0.717, 1.165) is 22.7 Å². The van der Waals surface area contributed by atoms with Gasteiger partial charge >= 0.3 is 29.2 Å². The number of benzene rings is 3. The summed E-state index contributed by atoms with van der Waals surface area (Å²) < 4.78 is 16.4. The summed E-state index contributed by atoms with van der Waals surface area (Å²) in [5.41, 5.74) is 5.44. The van der Waals surface area contributed by atoms with E-state index in [2.05, 4.69) is 68.0 Å². The predicted octanol–water partition coefficient (Wildman–Crippen LogP) is 10.1. The molecule has 3 aromatic carbocycles. The van der Waals surface area contributed by atoms with E-state index in [1.165, 1.54) is 69.9 Å². The van der Waals surface area contributed by atoms with Gasteiger partial charge in [0, 0.05) is 27.7 Å². The van der Waals surface area contributed by atoms with Crippen molar-refractivity contribution < 1.29 is 28.1 Å². The van der Waals surface area contributed by atoms with Crippen LogP contribution in [0.3, 0.4) is 0 Å². The molecule has 2 saturated carbocycles. The molecule has 0 unspecified atom stereocenters. The summed E-state index contributed by atoms with van der Waals surface area (Å²) in [6.07, 6.45) is 14.9. The Morgan fingerprint density at radius 3 is 1.98 bits per heavy atom. The Morgan fingerprint density at radius 2 is 1.45 bits per heavy atom. The maximum absolute atomic E-state index is 11.8. The molecule has 222 valence electrons. The van der Waals surface area contributed by atoms with Crippen molar-refractivity contribution in [3.63, 3.8) is 0 Å². The van der Waals surface area contributed by atoms with Crippen LogP contribution in [-0.4, -0.2) is 25.4 Å². The number of halogens is 2. The molecule has 0 heterocycles. The molecule has 0 radical (unpaired) electrons. The standard InChI is InChI=1S/C20H32NP.C12H9FNOS.Au.ClH/c1-21(2)19-15-9-10-16-20(19)22(17-11-5-3-6-12-17)18-13-7-4-8-14-18;13-16-15-12-8-6-11(7-9-12)14-10-4-2-1-3-5-10;;/h9-10,15-18H,3-8,11-14H2,1-2H3;1-2,4-9,14H;;1H/q;-1;+1;. The first-order valence-electron chi connectivity index (χ1n) is 14.2. The summed E-state index contributed by atoms with van der Waals surface area (Å²) in [5.74, 6) is 0.484. The molecule has 3 aromatic rings. The summed E-state index contributed by atoms with van der Waals surface area (Å²) in [6.45, 7) is 0. The summed E-state index contributed by atoms with van der Waals surface area (Å²) in [7, 11) is 8.59. The van der Waals surface area contributed by atoms with E-state index in [0.29, 0.717) is 5.75 Å². The van der Waals surface area contributed by atoms with Gasteiger partial charge in [-0.25, -0.2) is 0 Å². The van der Waals surface area contributed by atoms with Gasteiger partial charge in [0.25, 0.3) is 12.4 Å². The van der Waals surface area contributed by atoms with E-state index in [1.54, 1.807) is 37.4 Å². The number of rotatable bonds is 8. The van der Waals surface area contributed by atoms with Gasteiger partial charge in [0.2, 0.25) is 0 Å². The van der Waals surface area contributed by atoms with E-state index < -0.39 is 7.92 Å². The van der Waals surface area contributed by atoms with Gasteiger partial charge in [0.15, 0.2) is 0 Å². The van der Waals surface area contributed by atoms with Crippen molar-refractivity contribution in [2.24, 2.45) is 0 Å². The van der Waals surface area contributed by atoms with Crippen molar-refractivity contribution in [2.75, 3.05) is 24.3 Å². The fraction of sp³-hybridized carbons (Fsp3) is 0.438. The fourth-order valence-corrected chi connectivity index (χ4v) is 10.7. The van der Waals surface area contributed by atoms with Crippen LogP contribution in [0.5, 0.6) is 5.75 Å². The van der Waals surface area contributed by atoms with Crippen LogP contribution >= 0.6 is 29.5 Å². The van der Waals surface area contributed by atoms with E-state index in [9.17, 15) is 3.89 Å². The van der Waals surface area contributed by atoms with Crippen LogP contribution in [0, 0.1) is 6.07 Å². The van der Waals surface area contributed by atoms with Crippen molar-refractivity contribution >= 4 is 51.9 Å². The molecule has 2 aliphatic carbocycles. The van der Waals surface area contributed by atoms with Gasteiger partial charge in [-0.1, -0.05) is 30.7 Å². The van der Waals surface area contributed by atoms with Gasteiger partial charge in [-0.05, 0) is 87.8 Å². The van der Waals surface area contributed by atoms with Crippen LogP contribution in [0.1, 0.15) is 64.2 Å². The second kappa shape index (κ2) is 19.1. The fourth-order valence-electron chi connectivity index (χ4n) is 5.98. The van der Waals surface area contributed by atoms with Crippen LogP contribution in [0.15, 0.2) is 72.8 Å². The molecule has 3 nitrogen and oxygen atoms in total. The van der Waals surface area contributed by atoms with E-state index in [1.807, 2.05) is 36.4 Å². The van der Waals surface area contributed by atoms with Gasteiger partial charge in [0.05, 0.1) is 17.0 Å². The third kappa shape index (κ3) is 10.6. The molecule has 0 saturated heterocycles. The first kappa shape index (κ1) is 33.3. The molecule has 8 heteroatoms. The number of anilines is 3. The SMILES string of the molecule is CN(C)c1ccccc1[PH+](C1CCCCC1)C1CCCCC1.FSOc1ccc(Nc2c[c-]ccc2)cc1.[Cl][Au]. The van der Waals surface area contributed by atoms with E-state index in [-0.39, 0.29) is 12.4 Å². The van der Waals surface area contributed by atoms with Gasteiger partial charge in [-0.15, -0.1) is 9.95 Å². The third-order valence-corrected chi connectivity index (χ3v) is 12.0. The topological polar surface area (TPSA) is 24.5 Å². The minimum absolute atomic E-state index is 0.161. The van der Waals surface area contributed by atoms with Crippen LogP contribution in [0.25, 0.3) is 0 Å². The minimum atomic E-state index is -0.439. The predicted molar refractivity (Wildman–Crippen MR) is 173 cm³/mol. The van der Waals surface area contributed by atoms with Crippen LogP contribution in [-0.2, 0) is 20.0 Å². The van der Waals surface area contributed by atoms with E-state index in [4.69, 9.17) is 0 Å². The molecule has 0 atom stereocenters. The van der Waals surface area contributed by atoms with Crippen molar-refractivity contribution in [1.29, 1.82) is 0 Å². The van der Waals surface area contributed by atoms with Crippen molar-refractivity contribution in [1.82, 2.24) is 0 Å². The molecular formula is C32H42AuClFN2OPS. The monoisotopic (exact) mass is 784 g/mol. The second-order valence-electron chi connectivity index (χ2n) is 10.6. The normalized spacial score (nSPS) is 15.8. The third-order valence-electron chi connectivity index (χ3n) is 7.76. The molecule has 1 N–H and O–H groups in total. The Balaban J connectivity index is 0.000000217.